The Hall–Kier alpha value is -3.90. The third-order valence-electron chi connectivity index (χ3n) is 6.94. The topological polar surface area (TPSA) is 83.5 Å². The second-order valence-electron chi connectivity index (χ2n) is 9.63. The molecule has 0 atom stereocenters. The number of aryl methyl sites for hydroxylation is 1. The molecule has 1 aliphatic rings. The van der Waals surface area contributed by atoms with E-state index >= 15 is 0 Å². The molecule has 1 saturated heterocycles. The molecule has 0 bridgehead atoms. The van der Waals surface area contributed by atoms with Crippen LogP contribution in [0.1, 0.15) is 35.2 Å². The van der Waals surface area contributed by atoms with Crippen molar-refractivity contribution in [2.24, 2.45) is 5.92 Å². The number of rotatable bonds is 9. The number of piperidine rings is 1. The third kappa shape index (κ3) is 6.27. The Morgan fingerprint density at radius 3 is 2.70 bits per heavy atom. The van der Waals surface area contributed by atoms with E-state index in [0.717, 1.165) is 55.3 Å². The number of aromatic nitrogens is 1. The van der Waals surface area contributed by atoms with E-state index in [-0.39, 0.29) is 11.7 Å². The van der Waals surface area contributed by atoms with Crippen LogP contribution < -0.4 is 15.4 Å². The highest BCUT2D eigenvalue weighted by atomic mass is 16.5. The maximum atomic E-state index is 13.0. The van der Waals surface area contributed by atoms with Crippen LogP contribution in [0.15, 0.2) is 79.0 Å². The molecule has 1 fully saturated rings. The standard InChI is InChI=1S/C31H33N3O3/c35-28-20-26(18-24-9-5-14-33-30(24)28)27-19-25(10-11-29(27)37-21-23-12-16-32-17-13-23)31(36)34-15-4-8-22-6-2-1-3-7-22/h1-3,5-7,9-11,14,18-20,23,32,35H,4,8,12-13,15-17,21H2,(H,34,36). The molecule has 1 aliphatic heterocycles. The van der Waals surface area contributed by atoms with E-state index in [4.69, 9.17) is 4.74 Å². The van der Waals surface area contributed by atoms with Crippen molar-refractivity contribution in [3.05, 3.63) is 90.1 Å². The summed E-state index contributed by atoms with van der Waals surface area (Å²) in [5.41, 5.74) is 3.95. The van der Waals surface area contributed by atoms with Crippen molar-refractivity contribution >= 4 is 16.8 Å². The molecule has 0 unspecified atom stereocenters. The quantitative estimate of drug-likeness (QED) is 0.273. The minimum Gasteiger partial charge on any atom is -0.506 e. The van der Waals surface area contributed by atoms with Gasteiger partial charge in [0.05, 0.1) is 6.61 Å². The summed E-state index contributed by atoms with van der Waals surface area (Å²) in [6.45, 7) is 3.24. The molecule has 37 heavy (non-hydrogen) atoms. The highest BCUT2D eigenvalue weighted by molar-refractivity contribution is 5.97. The number of benzene rings is 3. The zero-order chi connectivity index (χ0) is 25.5. The van der Waals surface area contributed by atoms with Crippen LogP contribution in [0.5, 0.6) is 11.5 Å². The van der Waals surface area contributed by atoms with Crippen LogP contribution in [0.2, 0.25) is 0 Å². The zero-order valence-electron chi connectivity index (χ0n) is 21.0. The molecular weight excluding hydrogens is 462 g/mol. The largest absolute Gasteiger partial charge is 0.506 e. The van der Waals surface area contributed by atoms with Crippen LogP contribution >= 0.6 is 0 Å². The summed E-state index contributed by atoms with van der Waals surface area (Å²) in [7, 11) is 0. The lowest BCUT2D eigenvalue weighted by atomic mass is 9.98. The zero-order valence-corrected chi connectivity index (χ0v) is 21.0. The van der Waals surface area contributed by atoms with E-state index in [1.807, 2.05) is 54.6 Å². The van der Waals surface area contributed by atoms with Gasteiger partial charge in [-0.25, -0.2) is 0 Å². The number of hydrogen-bond acceptors (Lipinski definition) is 5. The van der Waals surface area contributed by atoms with Gasteiger partial charge in [-0.05, 0) is 92.2 Å². The summed E-state index contributed by atoms with van der Waals surface area (Å²) in [5.74, 6) is 1.19. The molecule has 6 heteroatoms. The number of ether oxygens (including phenoxy) is 1. The highest BCUT2D eigenvalue weighted by Crippen LogP contribution is 2.36. The second-order valence-corrected chi connectivity index (χ2v) is 9.63. The van der Waals surface area contributed by atoms with Gasteiger partial charge in [0.2, 0.25) is 0 Å². The average Bonchev–Trinajstić information content (AvgIpc) is 2.95. The number of amides is 1. The van der Waals surface area contributed by atoms with Gasteiger partial charge >= 0.3 is 0 Å². The molecule has 1 aromatic heterocycles. The van der Waals surface area contributed by atoms with Crippen molar-refractivity contribution in [3.63, 3.8) is 0 Å². The molecular formula is C31H33N3O3. The number of hydrogen-bond donors (Lipinski definition) is 3. The predicted octanol–water partition coefficient (Wildman–Crippen LogP) is 5.35. The van der Waals surface area contributed by atoms with Crippen molar-refractivity contribution < 1.29 is 14.6 Å². The van der Waals surface area contributed by atoms with Crippen LogP contribution in [0.25, 0.3) is 22.0 Å². The Balaban J connectivity index is 1.36. The van der Waals surface area contributed by atoms with Crippen LogP contribution in [0.3, 0.4) is 0 Å². The first-order valence-electron chi connectivity index (χ1n) is 13.1. The molecule has 0 aliphatic carbocycles. The average molecular weight is 496 g/mol. The van der Waals surface area contributed by atoms with E-state index in [9.17, 15) is 9.90 Å². The maximum absolute atomic E-state index is 13.0. The summed E-state index contributed by atoms with van der Waals surface area (Å²) in [4.78, 5) is 17.3. The molecule has 0 radical (unpaired) electrons. The van der Waals surface area contributed by atoms with Gasteiger partial charge in [0.1, 0.15) is 17.0 Å². The van der Waals surface area contributed by atoms with E-state index in [0.29, 0.717) is 35.9 Å². The van der Waals surface area contributed by atoms with Gasteiger partial charge in [0.15, 0.2) is 0 Å². The first kappa shape index (κ1) is 24.8. The van der Waals surface area contributed by atoms with Crippen molar-refractivity contribution in [1.82, 2.24) is 15.6 Å². The Morgan fingerprint density at radius 1 is 1.03 bits per heavy atom. The van der Waals surface area contributed by atoms with Gasteiger partial charge in [-0.15, -0.1) is 0 Å². The van der Waals surface area contributed by atoms with Gasteiger partial charge in [-0.3, -0.25) is 9.78 Å². The molecule has 6 nitrogen and oxygen atoms in total. The minimum atomic E-state index is -0.120. The smallest absolute Gasteiger partial charge is 0.251 e. The molecule has 0 saturated carbocycles. The second kappa shape index (κ2) is 11.9. The highest BCUT2D eigenvalue weighted by Gasteiger charge is 2.18. The van der Waals surface area contributed by atoms with E-state index in [1.165, 1.54) is 5.56 Å². The van der Waals surface area contributed by atoms with Gasteiger partial charge in [-0.1, -0.05) is 36.4 Å². The minimum absolute atomic E-state index is 0.105. The lowest BCUT2D eigenvalue weighted by Gasteiger charge is -2.23. The van der Waals surface area contributed by atoms with Crippen LogP contribution in [-0.2, 0) is 6.42 Å². The fraction of sp³-hybridized carbons (Fsp3) is 0.290. The van der Waals surface area contributed by atoms with Crippen molar-refractivity contribution in [2.45, 2.75) is 25.7 Å². The molecule has 1 amide bonds. The number of pyridine rings is 1. The predicted molar refractivity (Wildman–Crippen MR) is 147 cm³/mol. The van der Waals surface area contributed by atoms with Gasteiger partial charge in [0, 0.05) is 29.3 Å². The number of nitrogens with zero attached hydrogens (tertiary/aromatic N) is 1. The molecule has 5 rings (SSSR count). The van der Waals surface area contributed by atoms with Crippen LogP contribution in [-0.4, -0.2) is 42.2 Å². The Labute approximate surface area is 217 Å². The summed E-state index contributed by atoms with van der Waals surface area (Å²) in [6.07, 6.45) is 5.62. The van der Waals surface area contributed by atoms with Crippen molar-refractivity contribution in [2.75, 3.05) is 26.2 Å². The van der Waals surface area contributed by atoms with E-state index < -0.39 is 0 Å². The first-order chi connectivity index (χ1) is 18.2. The molecule has 0 spiro atoms. The SMILES string of the molecule is O=C(NCCCc1ccccc1)c1ccc(OCC2CCNCC2)c(-c2cc(O)c3ncccc3c2)c1. The fourth-order valence-electron chi connectivity index (χ4n) is 4.85. The summed E-state index contributed by atoms with van der Waals surface area (Å²) in [6, 6.07) is 23.3. The summed E-state index contributed by atoms with van der Waals surface area (Å²) in [5, 5.41) is 17.9. The Morgan fingerprint density at radius 2 is 1.86 bits per heavy atom. The number of fused-ring (bicyclic) bond motifs is 1. The van der Waals surface area contributed by atoms with Crippen molar-refractivity contribution in [1.29, 1.82) is 0 Å². The van der Waals surface area contributed by atoms with Crippen molar-refractivity contribution in [3.8, 4) is 22.6 Å². The molecule has 3 aromatic carbocycles. The lowest BCUT2D eigenvalue weighted by molar-refractivity contribution is 0.0953. The summed E-state index contributed by atoms with van der Waals surface area (Å²) >= 11 is 0. The monoisotopic (exact) mass is 495 g/mol. The summed E-state index contributed by atoms with van der Waals surface area (Å²) < 4.78 is 6.31. The molecule has 4 aromatic rings. The lowest BCUT2D eigenvalue weighted by Crippen LogP contribution is -2.30. The Kier molecular flexibility index (Phi) is 7.96. The van der Waals surface area contributed by atoms with Gasteiger partial charge in [0.25, 0.3) is 5.91 Å². The number of carbonyl (C=O) groups is 1. The fourth-order valence-corrected chi connectivity index (χ4v) is 4.85. The van der Waals surface area contributed by atoms with Gasteiger partial charge < -0.3 is 20.5 Å². The van der Waals surface area contributed by atoms with E-state index in [2.05, 4.69) is 27.8 Å². The number of nitrogens with one attached hydrogen (secondary N) is 2. The number of aromatic hydroxyl groups is 1. The number of carbonyl (C=O) groups excluding carboxylic acids is 1. The third-order valence-corrected chi connectivity index (χ3v) is 6.94. The molecule has 190 valence electrons. The Bertz CT molecular complexity index is 1350. The number of phenolic OH excluding ortho intramolecular Hbond substituents is 1. The molecule has 3 N–H and O–H groups in total. The molecule has 2 heterocycles. The maximum Gasteiger partial charge on any atom is 0.251 e. The van der Waals surface area contributed by atoms with Crippen LogP contribution in [0, 0.1) is 5.92 Å². The first-order valence-corrected chi connectivity index (χ1v) is 13.1. The number of phenols is 1. The van der Waals surface area contributed by atoms with E-state index in [1.54, 1.807) is 12.3 Å². The van der Waals surface area contributed by atoms with Gasteiger partial charge in [-0.2, -0.15) is 0 Å². The normalized spacial score (nSPS) is 13.9. The van der Waals surface area contributed by atoms with Crippen LogP contribution in [0.4, 0.5) is 0 Å².